The molecule has 1 aromatic carbocycles. The molecule has 4 heteroatoms. The van der Waals surface area contributed by atoms with Gasteiger partial charge in [0.25, 0.3) is 0 Å². The van der Waals surface area contributed by atoms with E-state index in [4.69, 9.17) is 0 Å². The highest BCUT2D eigenvalue weighted by atomic mass is 79.9. The van der Waals surface area contributed by atoms with Crippen molar-refractivity contribution in [2.75, 3.05) is 11.9 Å². The number of aliphatic hydroxyl groups excluding tert-OH is 1. The monoisotopic (exact) mass is 334 g/mol. The Morgan fingerprint density at radius 2 is 1.85 bits per heavy atom. The lowest BCUT2D eigenvalue weighted by Crippen LogP contribution is -2.18. The minimum absolute atomic E-state index is 0.0502. The van der Waals surface area contributed by atoms with Crippen molar-refractivity contribution >= 4 is 21.7 Å². The average molecular weight is 335 g/mol. The molecule has 0 atom stereocenters. The van der Waals surface area contributed by atoms with E-state index in [1.165, 1.54) is 5.56 Å². The van der Waals surface area contributed by atoms with Crippen LogP contribution < -0.4 is 4.90 Å². The first-order valence-electron chi connectivity index (χ1n) is 6.68. The van der Waals surface area contributed by atoms with Gasteiger partial charge in [0.15, 0.2) is 0 Å². The van der Waals surface area contributed by atoms with Crippen molar-refractivity contribution in [1.82, 2.24) is 4.98 Å². The van der Waals surface area contributed by atoms with E-state index >= 15 is 0 Å². The Balaban J connectivity index is 2.19. The van der Waals surface area contributed by atoms with Gasteiger partial charge in [0.2, 0.25) is 0 Å². The maximum absolute atomic E-state index is 9.33. The normalized spacial score (nSPS) is 10.6. The van der Waals surface area contributed by atoms with Gasteiger partial charge in [-0.15, -0.1) is 0 Å². The molecule has 0 saturated carbocycles. The third-order valence-corrected chi connectivity index (χ3v) is 3.72. The summed E-state index contributed by atoms with van der Waals surface area (Å²) in [7, 11) is 2.02. The highest BCUT2D eigenvalue weighted by Gasteiger charge is 2.07. The van der Waals surface area contributed by atoms with Gasteiger partial charge in [-0.3, -0.25) is 0 Å². The van der Waals surface area contributed by atoms with Crippen LogP contribution >= 0.6 is 15.9 Å². The zero-order valence-electron chi connectivity index (χ0n) is 11.8. The number of pyridine rings is 1. The van der Waals surface area contributed by atoms with Crippen LogP contribution in [0.25, 0.3) is 0 Å². The van der Waals surface area contributed by atoms with Crippen LogP contribution in [-0.4, -0.2) is 17.1 Å². The van der Waals surface area contributed by atoms with Gasteiger partial charge in [-0.2, -0.15) is 0 Å². The summed E-state index contributed by atoms with van der Waals surface area (Å²) in [4.78, 5) is 6.72. The van der Waals surface area contributed by atoms with Crippen LogP contribution in [0.5, 0.6) is 0 Å². The number of hydrogen-bond donors (Lipinski definition) is 1. The molecule has 3 nitrogen and oxygen atoms in total. The van der Waals surface area contributed by atoms with Gasteiger partial charge in [0, 0.05) is 23.8 Å². The fraction of sp³-hybridized carbons (Fsp3) is 0.312. The second-order valence-corrected chi connectivity index (χ2v) is 5.73. The average Bonchev–Trinajstić information content (AvgIpc) is 2.48. The van der Waals surface area contributed by atoms with E-state index < -0.39 is 0 Å². The maximum atomic E-state index is 9.33. The molecule has 2 aromatic rings. The summed E-state index contributed by atoms with van der Waals surface area (Å²) in [6.07, 6.45) is 0.868. The first kappa shape index (κ1) is 15.0. The van der Waals surface area contributed by atoms with Crippen LogP contribution in [0.15, 0.2) is 40.9 Å². The Labute approximate surface area is 128 Å². The van der Waals surface area contributed by atoms with Gasteiger partial charge in [-0.25, -0.2) is 4.98 Å². The summed E-state index contributed by atoms with van der Waals surface area (Å²) in [6.45, 7) is 2.91. The number of hydrogen-bond acceptors (Lipinski definition) is 3. The Kier molecular flexibility index (Phi) is 5.15. The molecule has 1 aromatic heterocycles. The molecule has 20 heavy (non-hydrogen) atoms. The molecular formula is C16H19BrN2O. The standard InChI is InChI=1S/C16H19BrN2O/c1-3-15-8-13(11-20)9-16(18-15)19(2)10-12-4-6-14(17)7-5-12/h4-9,20H,3,10-11H2,1-2H3. The largest absolute Gasteiger partial charge is 0.392 e. The summed E-state index contributed by atoms with van der Waals surface area (Å²) in [5.41, 5.74) is 3.15. The molecular weight excluding hydrogens is 316 g/mol. The minimum Gasteiger partial charge on any atom is -0.392 e. The number of nitrogens with zero attached hydrogens (tertiary/aromatic N) is 2. The zero-order chi connectivity index (χ0) is 14.5. The molecule has 0 aliphatic heterocycles. The first-order chi connectivity index (χ1) is 9.62. The predicted molar refractivity (Wildman–Crippen MR) is 85.8 cm³/mol. The van der Waals surface area contributed by atoms with Crippen molar-refractivity contribution in [3.8, 4) is 0 Å². The molecule has 1 N–H and O–H groups in total. The van der Waals surface area contributed by atoms with Crippen LogP contribution in [0.2, 0.25) is 0 Å². The summed E-state index contributed by atoms with van der Waals surface area (Å²) < 4.78 is 1.08. The van der Waals surface area contributed by atoms with E-state index in [1.807, 2.05) is 31.3 Å². The van der Waals surface area contributed by atoms with Gasteiger partial charge >= 0.3 is 0 Å². The summed E-state index contributed by atoms with van der Waals surface area (Å²) >= 11 is 3.44. The zero-order valence-corrected chi connectivity index (χ0v) is 13.4. The smallest absolute Gasteiger partial charge is 0.129 e. The Morgan fingerprint density at radius 3 is 2.45 bits per heavy atom. The number of benzene rings is 1. The van der Waals surface area contributed by atoms with Crippen molar-refractivity contribution in [1.29, 1.82) is 0 Å². The van der Waals surface area contributed by atoms with E-state index in [0.29, 0.717) is 0 Å². The van der Waals surface area contributed by atoms with Crippen LogP contribution in [0.4, 0.5) is 5.82 Å². The van der Waals surface area contributed by atoms with Crippen molar-refractivity contribution < 1.29 is 5.11 Å². The van der Waals surface area contributed by atoms with Crippen molar-refractivity contribution in [2.24, 2.45) is 0 Å². The highest BCUT2D eigenvalue weighted by Crippen LogP contribution is 2.18. The number of rotatable bonds is 5. The Hall–Kier alpha value is -1.39. The van der Waals surface area contributed by atoms with Crippen LogP contribution in [0.1, 0.15) is 23.7 Å². The molecule has 0 aliphatic rings. The van der Waals surface area contributed by atoms with E-state index in [-0.39, 0.29) is 6.61 Å². The Morgan fingerprint density at radius 1 is 1.15 bits per heavy atom. The molecule has 0 saturated heterocycles. The van der Waals surface area contributed by atoms with Gasteiger partial charge in [0.05, 0.1) is 6.61 Å². The van der Waals surface area contributed by atoms with Gasteiger partial charge < -0.3 is 10.0 Å². The predicted octanol–water partition coefficient (Wildman–Crippen LogP) is 3.54. The third-order valence-electron chi connectivity index (χ3n) is 3.19. The lowest BCUT2D eigenvalue weighted by atomic mass is 10.2. The number of anilines is 1. The van der Waals surface area contributed by atoms with Gasteiger partial charge in [-0.1, -0.05) is 35.0 Å². The van der Waals surface area contributed by atoms with Crippen molar-refractivity contribution in [3.05, 3.63) is 57.7 Å². The lowest BCUT2D eigenvalue weighted by molar-refractivity contribution is 0.281. The quantitative estimate of drug-likeness (QED) is 0.908. The number of aliphatic hydroxyl groups is 1. The molecule has 0 fully saturated rings. The second-order valence-electron chi connectivity index (χ2n) is 4.82. The lowest BCUT2D eigenvalue weighted by Gasteiger charge is -2.20. The molecule has 0 amide bonds. The van der Waals surface area contributed by atoms with E-state index in [9.17, 15) is 5.11 Å². The van der Waals surface area contributed by atoms with Crippen LogP contribution in [0.3, 0.4) is 0 Å². The minimum atomic E-state index is 0.0502. The number of aromatic nitrogens is 1. The summed E-state index contributed by atoms with van der Waals surface area (Å²) in [5, 5.41) is 9.33. The molecule has 0 aliphatic carbocycles. The summed E-state index contributed by atoms with van der Waals surface area (Å²) in [5.74, 6) is 0.899. The number of aryl methyl sites for hydroxylation is 1. The molecule has 0 radical (unpaired) electrons. The van der Waals surface area contributed by atoms with Gasteiger partial charge in [-0.05, 0) is 41.8 Å². The fourth-order valence-corrected chi connectivity index (χ4v) is 2.31. The number of halogens is 1. The molecule has 0 unspecified atom stereocenters. The molecule has 0 spiro atoms. The fourth-order valence-electron chi connectivity index (χ4n) is 2.05. The van der Waals surface area contributed by atoms with Gasteiger partial charge in [0.1, 0.15) is 5.82 Å². The molecule has 106 valence electrons. The summed E-state index contributed by atoms with van der Waals surface area (Å²) in [6, 6.07) is 12.2. The topological polar surface area (TPSA) is 36.4 Å². The van der Waals surface area contributed by atoms with E-state index in [2.05, 4.69) is 44.9 Å². The van der Waals surface area contributed by atoms with E-state index in [1.54, 1.807) is 0 Å². The SMILES string of the molecule is CCc1cc(CO)cc(N(C)Cc2ccc(Br)cc2)n1. The van der Waals surface area contributed by atoms with Crippen LogP contribution in [-0.2, 0) is 19.6 Å². The van der Waals surface area contributed by atoms with Crippen molar-refractivity contribution in [2.45, 2.75) is 26.5 Å². The van der Waals surface area contributed by atoms with E-state index in [0.717, 1.165) is 34.5 Å². The van der Waals surface area contributed by atoms with Crippen LogP contribution in [0, 0.1) is 0 Å². The third kappa shape index (κ3) is 3.81. The molecule has 0 bridgehead atoms. The molecule has 1 heterocycles. The first-order valence-corrected chi connectivity index (χ1v) is 7.48. The second kappa shape index (κ2) is 6.86. The Bertz CT molecular complexity index is 547. The van der Waals surface area contributed by atoms with Crippen molar-refractivity contribution in [3.63, 3.8) is 0 Å². The highest BCUT2D eigenvalue weighted by molar-refractivity contribution is 9.10. The molecule has 2 rings (SSSR count). The maximum Gasteiger partial charge on any atom is 0.129 e.